The van der Waals surface area contributed by atoms with Crippen molar-refractivity contribution < 1.29 is 9.90 Å². The molecule has 160 valence electrons. The van der Waals surface area contributed by atoms with E-state index in [9.17, 15) is 9.90 Å². The molecule has 7 heteroatoms. The van der Waals surface area contributed by atoms with Crippen LogP contribution in [0.3, 0.4) is 0 Å². The molecule has 30 heavy (non-hydrogen) atoms. The van der Waals surface area contributed by atoms with E-state index < -0.39 is 5.60 Å². The molecule has 7 nitrogen and oxygen atoms in total. The van der Waals surface area contributed by atoms with Crippen molar-refractivity contribution in [1.29, 1.82) is 0 Å². The van der Waals surface area contributed by atoms with Gasteiger partial charge in [-0.25, -0.2) is 9.97 Å². The Balaban J connectivity index is 1.20. The van der Waals surface area contributed by atoms with Crippen LogP contribution in [0.4, 0.5) is 5.82 Å². The predicted octanol–water partition coefficient (Wildman–Crippen LogP) is 2.03. The van der Waals surface area contributed by atoms with E-state index in [4.69, 9.17) is 0 Å². The minimum atomic E-state index is -0.927. The summed E-state index contributed by atoms with van der Waals surface area (Å²) in [6.45, 7) is 6.38. The van der Waals surface area contributed by atoms with E-state index >= 15 is 0 Å². The summed E-state index contributed by atoms with van der Waals surface area (Å²) in [6.07, 6.45) is 4.41. The number of carbonyl (C=O) groups is 1. The lowest BCUT2D eigenvalue weighted by atomic mass is 9.92. The second-order valence-corrected chi connectivity index (χ2v) is 8.63. The van der Waals surface area contributed by atoms with Crippen molar-refractivity contribution in [3.05, 3.63) is 53.5 Å². The van der Waals surface area contributed by atoms with Crippen LogP contribution in [0.15, 0.2) is 36.7 Å². The van der Waals surface area contributed by atoms with Crippen LogP contribution in [0.1, 0.15) is 42.5 Å². The van der Waals surface area contributed by atoms with Crippen LogP contribution < -0.4 is 10.2 Å². The Hall–Kier alpha value is -2.51. The van der Waals surface area contributed by atoms with Gasteiger partial charge >= 0.3 is 0 Å². The molecular weight excluding hydrogens is 378 g/mol. The van der Waals surface area contributed by atoms with Gasteiger partial charge in [0.25, 0.3) is 0 Å². The minimum Gasteiger partial charge on any atom is -0.386 e. The molecule has 1 saturated heterocycles. The molecule has 1 atom stereocenters. The summed E-state index contributed by atoms with van der Waals surface area (Å²) in [4.78, 5) is 25.3. The van der Waals surface area contributed by atoms with Gasteiger partial charge in [-0.15, -0.1) is 0 Å². The molecular formula is C23H31N5O2. The fraction of sp³-hybridized carbons (Fsp3) is 0.522. The van der Waals surface area contributed by atoms with E-state index in [0.717, 1.165) is 50.5 Å². The van der Waals surface area contributed by atoms with Crippen LogP contribution >= 0.6 is 0 Å². The maximum atomic E-state index is 12.3. The zero-order chi connectivity index (χ0) is 21.0. The summed E-state index contributed by atoms with van der Waals surface area (Å²) in [5.41, 5.74) is 2.77. The maximum absolute atomic E-state index is 12.3. The first-order chi connectivity index (χ1) is 14.5. The van der Waals surface area contributed by atoms with Gasteiger partial charge in [0, 0.05) is 50.9 Å². The van der Waals surface area contributed by atoms with E-state index in [1.165, 1.54) is 11.1 Å². The highest BCUT2D eigenvalue weighted by Gasteiger charge is 2.34. The number of carbonyl (C=O) groups excluding carboxylic acids is 1. The van der Waals surface area contributed by atoms with Crippen LogP contribution in [0.2, 0.25) is 0 Å². The average molecular weight is 410 g/mol. The lowest BCUT2D eigenvalue weighted by Crippen LogP contribution is -2.54. The molecule has 1 fully saturated rings. The summed E-state index contributed by atoms with van der Waals surface area (Å²) in [7, 11) is 0. The number of β-amino-alcohol motifs (C(OH)–C–C–N with tert-alkyl or cyclic N) is 1. The predicted molar refractivity (Wildman–Crippen MR) is 116 cm³/mol. The second-order valence-electron chi connectivity index (χ2n) is 8.63. The summed E-state index contributed by atoms with van der Waals surface area (Å²) < 4.78 is 0. The number of piperidine rings is 1. The standard InChI is InChI=1S/C23H31N5O2/c1-18-12-21(26-17-25-18)28-11-5-9-23(30,16-28)15-24-22(29)8-4-10-27-13-19-6-2-3-7-20(19)14-27/h2-3,6-7,12,17,30H,4-5,8-11,13-16H2,1H3,(H,24,29). The number of benzene rings is 1. The van der Waals surface area contributed by atoms with Gasteiger partial charge in [0.1, 0.15) is 12.1 Å². The van der Waals surface area contributed by atoms with Crippen molar-refractivity contribution in [3.63, 3.8) is 0 Å². The molecule has 1 amide bonds. The van der Waals surface area contributed by atoms with Crippen LogP contribution in [0.5, 0.6) is 0 Å². The van der Waals surface area contributed by atoms with E-state index in [0.29, 0.717) is 19.4 Å². The molecule has 1 unspecified atom stereocenters. The Morgan fingerprint density at radius 2 is 2.00 bits per heavy atom. The fourth-order valence-corrected chi connectivity index (χ4v) is 4.44. The van der Waals surface area contributed by atoms with E-state index in [1.807, 2.05) is 13.0 Å². The third-order valence-corrected chi connectivity index (χ3v) is 6.07. The van der Waals surface area contributed by atoms with Gasteiger partial charge in [-0.3, -0.25) is 9.69 Å². The Kier molecular flexibility index (Phi) is 6.29. The molecule has 1 aromatic carbocycles. The number of aliphatic hydroxyl groups is 1. The molecule has 2 N–H and O–H groups in total. The van der Waals surface area contributed by atoms with Crippen LogP contribution in [-0.4, -0.2) is 57.7 Å². The number of nitrogens with one attached hydrogen (secondary N) is 1. The van der Waals surface area contributed by atoms with Crippen molar-refractivity contribution >= 4 is 11.7 Å². The first-order valence-electron chi connectivity index (χ1n) is 10.8. The molecule has 1 aromatic heterocycles. The smallest absolute Gasteiger partial charge is 0.220 e. The number of amides is 1. The molecule has 4 rings (SSSR count). The van der Waals surface area contributed by atoms with Crippen molar-refractivity contribution in [3.8, 4) is 0 Å². The molecule has 0 radical (unpaired) electrons. The van der Waals surface area contributed by atoms with Crippen molar-refractivity contribution in [2.75, 3.05) is 31.1 Å². The van der Waals surface area contributed by atoms with Crippen LogP contribution in [-0.2, 0) is 17.9 Å². The SMILES string of the molecule is Cc1cc(N2CCCC(O)(CNC(=O)CCCN3Cc4ccccc4C3)C2)ncn1. The Labute approximate surface area is 178 Å². The summed E-state index contributed by atoms with van der Waals surface area (Å²) in [6, 6.07) is 10.5. The van der Waals surface area contributed by atoms with Crippen molar-refractivity contribution in [2.45, 2.75) is 51.3 Å². The van der Waals surface area contributed by atoms with Crippen molar-refractivity contribution in [1.82, 2.24) is 20.2 Å². The number of rotatable bonds is 7. The van der Waals surface area contributed by atoms with Crippen LogP contribution in [0.25, 0.3) is 0 Å². The first-order valence-corrected chi connectivity index (χ1v) is 10.8. The number of hydrogen-bond donors (Lipinski definition) is 2. The van der Waals surface area contributed by atoms with Gasteiger partial charge < -0.3 is 15.3 Å². The normalized spacial score (nSPS) is 21.5. The number of nitrogens with zero attached hydrogens (tertiary/aromatic N) is 4. The van der Waals surface area contributed by atoms with E-state index in [2.05, 4.69) is 49.4 Å². The summed E-state index contributed by atoms with van der Waals surface area (Å²) in [5.74, 6) is 0.841. The van der Waals surface area contributed by atoms with Crippen LogP contribution in [0, 0.1) is 6.92 Å². The molecule has 3 heterocycles. The number of anilines is 1. The van der Waals surface area contributed by atoms with Crippen molar-refractivity contribution in [2.24, 2.45) is 0 Å². The molecule has 2 aliphatic rings. The highest BCUT2D eigenvalue weighted by Crippen LogP contribution is 2.25. The van der Waals surface area contributed by atoms with Gasteiger partial charge in [0.05, 0.1) is 5.60 Å². The molecule has 0 bridgehead atoms. The lowest BCUT2D eigenvalue weighted by Gasteiger charge is -2.39. The summed E-state index contributed by atoms with van der Waals surface area (Å²) >= 11 is 0. The molecule has 2 aliphatic heterocycles. The third kappa shape index (κ3) is 5.15. The van der Waals surface area contributed by atoms with E-state index in [-0.39, 0.29) is 12.5 Å². The highest BCUT2D eigenvalue weighted by molar-refractivity contribution is 5.75. The number of aromatic nitrogens is 2. The number of aryl methyl sites for hydroxylation is 1. The zero-order valence-corrected chi connectivity index (χ0v) is 17.7. The minimum absolute atomic E-state index is 0.00939. The Bertz CT molecular complexity index is 864. The zero-order valence-electron chi connectivity index (χ0n) is 17.7. The second kappa shape index (κ2) is 9.10. The molecule has 0 saturated carbocycles. The largest absolute Gasteiger partial charge is 0.386 e. The molecule has 2 aromatic rings. The van der Waals surface area contributed by atoms with E-state index in [1.54, 1.807) is 6.33 Å². The quantitative estimate of drug-likeness (QED) is 0.728. The topological polar surface area (TPSA) is 81.6 Å². The van der Waals surface area contributed by atoms with Gasteiger partial charge in [-0.2, -0.15) is 0 Å². The van der Waals surface area contributed by atoms with Gasteiger partial charge in [-0.05, 0) is 43.9 Å². The van der Waals surface area contributed by atoms with Gasteiger partial charge in [0.15, 0.2) is 0 Å². The molecule has 0 spiro atoms. The molecule has 0 aliphatic carbocycles. The lowest BCUT2D eigenvalue weighted by molar-refractivity contribution is -0.122. The maximum Gasteiger partial charge on any atom is 0.220 e. The average Bonchev–Trinajstić information content (AvgIpc) is 3.15. The monoisotopic (exact) mass is 409 g/mol. The number of fused-ring (bicyclic) bond motifs is 1. The summed E-state index contributed by atoms with van der Waals surface area (Å²) in [5, 5.41) is 14.0. The highest BCUT2D eigenvalue weighted by atomic mass is 16.3. The first kappa shape index (κ1) is 20.8. The van der Waals surface area contributed by atoms with Gasteiger partial charge in [0.2, 0.25) is 5.91 Å². The number of hydrogen-bond acceptors (Lipinski definition) is 6. The Morgan fingerprint density at radius 1 is 1.23 bits per heavy atom. The fourth-order valence-electron chi connectivity index (χ4n) is 4.44. The Morgan fingerprint density at radius 3 is 2.73 bits per heavy atom. The van der Waals surface area contributed by atoms with Gasteiger partial charge in [-0.1, -0.05) is 24.3 Å². The third-order valence-electron chi connectivity index (χ3n) is 6.07.